The lowest BCUT2D eigenvalue weighted by Crippen LogP contribution is -2.65. The first-order valence-corrected chi connectivity index (χ1v) is 20.3. The van der Waals surface area contributed by atoms with Gasteiger partial charge in [0.15, 0.2) is 18.4 Å². The van der Waals surface area contributed by atoms with Gasteiger partial charge in [0.25, 0.3) is 0 Å². The Morgan fingerprint density at radius 1 is 0.673 bits per heavy atom. The molecule has 13 heteroatoms. The monoisotopic (exact) mass is 740 g/mol. The van der Waals surface area contributed by atoms with Crippen LogP contribution in [0, 0.1) is 52.3 Å². The van der Waals surface area contributed by atoms with Gasteiger partial charge < -0.3 is 64.2 Å². The van der Waals surface area contributed by atoms with Crippen molar-refractivity contribution in [1.82, 2.24) is 0 Å². The van der Waals surface area contributed by atoms with E-state index in [2.05, 4.69) is 27.7 Å². The fourth-order valence-corrected chi connectivity index (χ4v) is 13.2. The predicted molar refractivity (Wildman–Crippen MR) is 183 cm³/mol. The quantitative estimate of drug-likeness (QED) is 0.194. The molecule has 0 amide bonds. The summed E-state index contributed by atoms with van der Waals surface area (Å²) in [6, 6.07) is 0. The van der Waals surface area contributed by atoms with E-state index < -0.39 is 80.4 Å². The van der Waals surface area contributed by atoms with Gasteiger partial charge in [-0.1, -0.05) is 27.7 Å². The van der Waals surface area contributed by atoms with Crippen LogP contribution >= 0.6 is 0 Å². The summed E-state index contributed by atoms with van der Waals surface area (Å²) in [5, 5.41) is 72.7. The van der Waals surface area contributed by atoms with E-state index in [1.807, 2.05) is 0 Å². The van der Waals surface area contributed by atoms with Crippen LogP contribution in [0.4, 0.5) is 0 Å². The molecule has 7 N–H and O–H groups in total. The molecule has 4 saturated heterocycles. The molecule has 13 nitrogen and oxygen atoms in total. The molecular weight excluding hydrogens is 676 g/mol. The van der Waals surface area contributed by atoms with Crippen molar-refractivity contribution >= 4 is 0 Å². The summed E-state index contributed by atoms with van der Waals surface area (Å²) < 4.78 is 37.5. The highest BCUT2D eigenvalue weighted by Gasteiger charge is 2.69. The lowest BCUT2D eigenvalue weighted by molar-refractivity contribution is -0.373. The molecule has 0 radical (unpaired) electrons. The Kier molecular flexibility index (Phi) is 10.4. The van der Waals surface area contributed by atoms with Crippen LogP contribution in [0.25, 0.3) is 0 Å². The fraction of sp³-hybridized carbons (Fsp3) is 1.00. The number of fused-ring (bicyclic) bond motifs is 7. The van der Waals surface area contributed by atoms with Crippen molar-refractivity contribution in [2.75, 3.05) is 19.8 Å². The van der Waals surface area contributed by atoms with E-state index in [-0.39, 0.29) is 23.0 Å². The maximum atomic E-state index is 11.1. The summed E-state index contributed by atoms with van der Waals surface area (Å²) >= 11 is 0. The Balaban J connectivity index is 0.942. The van der Waals surface area contributed by atoms with Gasteiger partial charge in [-0.05, 0) is 104 Å². The molecule has 52 heavy (non-hydrogen) atoms. The zero-order valence-corrected chi connectivity index (χ0v) is 31.2. The van der Waals surface area contributed by atoms with Gasteiger partial charge >= 0.3 is 0 Å². The minimum absolute atomic E-state index is 0.168. The van der Waals surface area contributed by atoms with Crippen molar-refractivity contribution in [3.63, 3.8) is 0 Å². The van der Waals surface area contributed by atoms with Crippen LogP contribution in [0.5, 0.6) is 0 Å². The molecule has 298 valence electrons. The highest BCUT2D eigenvalue weighted by atomic mass is 16.8. The van der Waals surface area contributed by atoms with Gasteiger partial charge in [0, 0.05) is 12.3 Å². The van der Waals surface area contributed by atoms with Gasteiger partial charge in [-0.2, -0.15) is 0 Å². The van der Waals surface area contributed by atoms with Crippen molar-refractivity contribution in [3.8, 4) is 0 Å². The molecule has 4 heterocycles. The third-order valence-corrected chi connectivity index (χ3v) is 16.2. The summed E-state index contributed by atoms with van der Waals surface area (Å²) in [5.41, 5.74) is 0.425. The molecule has 0 bridgehead atoms. The van der Waals surface area contributed by atoms with Crippen LogP contribution in [0.15, 0.2) is 0 Å². The Morgan fingerprint density at radius 3 is 2.06 bits per heavy atom. The first-order chi connectivity index (χ1) is 24.7. The molecule has 1 spiro atoms. The zero-order chi connectivity index (χ0) is 36.9. The molecular formula is C39H64O13. The van der Waals surface area contributed by atoms with Gasteiger partial charge in [0.2, 0.25) is 0 Å². The number of rotatable bonds is 6. The van der Waals surface area contributed by atoms with E-state index in [1.165, 1.54) is 25.7 Å². The average molecular weight is 741 g/mol. The zero-order valence-electron chi connectivity index (χ0n) is 31.2. The first-order valence-electron chi connectivity index (χ1n) is 20.3. The molecule has 4 aliphatic carbocycles. The molecule has 0 aromatic carbocycles. The molecule has 22 atom stereocenters. The van der Waals surface area contributed by atoms with Crippen LogP contribution in [0.1, 0.15) is 91.9 Å². The molecule has 0 aromatic rings. The predicted octanol–water partition coefficient (Wildman–Crippen LogP) is 1.44. The highest BCUT2D eigenvalue weighted by molar-refractivity contribution is 5.15. The third-order valence-electron chi connectivity index (χ3n) is 16.2. The van der Waals surface area contributed by atoms with Crippen molar-refractivity contribution in [2.45, 2.75) is 171 Å². The highest BCUT2D eigenvalue weighted by Crippen LogP contribution is 2.71. The number of hydrogen-bond donors (Lipinski definition) is 7. The summed E-state index contributed by atoms with van der Waals surface area (Å²) in [4.78, 5) is 0. The van der Waals surface area contributed by atoms with E-state index in [0.717, 1.165) is 45.1 Å². The second-order valence-corrected chi connectivity index (χ2v) is 18.7. The average Bonchev–Trinajstić information content (AvgIpc) is 3.58. The number of aliphatic hydroxyl groups excluding tert-OH is 7. The lowest BCUT2D eigenvalue weighted by atomic mass is 9.44. The van der Waals surface area contributed by atoms with Crippen LogP contribution in [0.3, 0.4) is 0 Å². The minimum Gasteiger partial charge on any atom is -0.394 e. The van der Waals surface area contributed by atoms with Crippen LogP contribution in [-0.2, 0) is 28.4 Å². The smallest absolute Gasteiger partial charge is 0.187 e. The minimum atomic E-state index is -1.71. The maximum Gasteiger partial charge on any atom is 0.187 e. The molecule has 8 unspecified atom stereocenters. The number of aliphatic hydroxyl groups is 7. The summed E-state index contributed by atoms with van der Waals surface area (Å²) in [7, 11) is 0. The van der Waals surface area contributed by atoms with Gasteiger partial charge in [-0.3, -0.25) is 0 Å². The topological polar surface area (TPSA) is 197 Å². The van der Waals surface area contributed by atoms with Crippen LogP contribution < -0.4 is 0 Å². The van der Waals surface area contributed by atoms with E-state index in [9.17, 15) is 35.7 Å². The molecule has 4 saturated carbocycles. The molecule has 8 aliphatic rings. The molecule has 0 aromatic heterocycles. The van der Waals surface area contributed by atoms with Gasteiger partial charge in [-0.25, -0.2) is 0 Å². The molecule has 4 aliphatic heterocycles. The van der Waals surface area contributed by atoms with Crippen molar-refractivity contribution < 1.29 is 64.2 Å². The van der Waals surface area contributed by atoms with Crippen molar-refractivity contribution in [1.29, 1.82) is 0 Å². The second-order valence-electron chi connectivity index (χ2n) is 18.7. The van der Waals surface area contributed by atoms with Crippen molar-refractivity contribution in [3.05, 3.63) is 0 Å². The van der Waals surface area contributed by atoms with E-state index in [0.29, 0.717) is 41.4 Å². The Bertz CT molecular complexity index is 1260. The molecule has 8 fully saturated rings. The summed E-state index contributed by atoms with van der Waals surface area (Å²) in [6.45, 7) is 9.33. The standard InChI is InChI=1S/C39H64O13/c1-18-7-12-39(47-17-18)19(2)28-25(52-39)14-24-22-6-5-20-13-21(8-10-37(20,3)23(22)9-11-38(24,28)4)48-36-34(32(45)30(43)27(16-41)50-36)51-35-33(46)31(44)29(42)26(15-40)49-35/h18-36,40-46H,5-17H2,1-4H3/t18-,19?,20+,21?,22?,23?,24?,25?,26+,27+,28?,29+,30+,31-,32-,33+,34+,35-,36+,37-,38?,39+/m0/s1. The second kappa shape index (κ2) is 14.1. The summed E-state index contributed by atoms with van der Waals surface area (Å²) in [5.74, 6) is 3.51. The lowest BCUT2D eigenvalue weighted by Gasteiger charge is -2.61. The van der Waals surface area contributed by atoms with E-state index >= 15 is 0 Å². The van der Waals surface area contributed by atoms with E-state index in [1.54, 1.807) is 0 Å². The van der Waals surface area contributed by atoms with Crippen LogP contribution in [-0.4, -0.2) is 135 Å². The van der Waals surface area contributed by atoms with E-state index in [4.69, 9.17) is 28.4 Å². The normalized spacial score (nSPS) is 59.0. The SMILES string of the molecule is CC1C2C(CC3C4CC[C@@H]5CC(O[C@@H]6O[C@H](CO)[C@@H](O)[C@H](O)[C@H]6O[C@@H]6O[C@H](CO)[C@@H](O)[C@H](O)[C@H]6O)CC[C@]5(C)C4CCC32C)O[C@]12CC[C@H](C)CO2. The van der Waals surface area contributed by atoms with Gasteiger partial charge in [-0.15, -0.1) is 0 Å². The van der Waals surface area contributed by atoms with Crippen LogP contribution in [0.2, 0.25) is 0 Å². The molecule has 8 rings (SSSR count). The Hall–Kier alpha value is -0.520. The van der Waals surface area contributed by atoms with Crippen molar-refractivity contribution in [2.24, 2.45) is 52.3 Å². The first kappa shape index (κ1) is 38.4. The summed E-state index contributed by atoms with van der Waals surface area (Å²) in [6.07, 6.45) is -3.88. The largest absolute Gasteiger partial charge is 0.394 e. The Labute approximate surface area is 307 Å². The van der Waals surface area contributed by atoms with Gasteiger partial charge in [0.05, 0.1) is 32.0 Å². The Morgan fingerprint density at radius 2 is 1.37 bits per heavy atom. The third kappa shape index (κ3) is 5.98. The number of ether oxygens (including phenoxy) is 6. The maximum absolute atomic E-state index is 11.1. The fourth-order valence-electron chi connectivity index (χ4n) is 13.2. The van der Waals surface area contributed by atoms with Gasteiger partial charge in [0.1, 0.15) is 48.8 Å². The number of hydrogen-bond acceptors (Lipinski definition) is 13.